The topological polar surface area (TPSA) is 29.1 Å². The Hall–Kier alpha value is -1.57. The molecule has 0 fully saturated rings. The fourth-order valence-corrected chi connectivity index (χ4v) is 0.819. The lowest BCUT2D eigenvalue weighted by Gasteiger charge is -1.92. The minimum Gasteiger partial charge on any atom is -0.333 e. The lowest BCUT2D eigenvalue weighted by Crippen LogP contribution is -2.10. The number of amides is 1. The molecule has 1 N–H and O–H groups in total. The van der Waals surface area contributed by atoms with Gasteiger partial charge in [-0.05, 0) is 11.6 Å². The first-order chi connectivity index (χ1) is 5.79. The van der Waals surface area contributed by atoms with Crippen LogP contribution in [0.3, 0.4) is 0 Å². The van der Waals surface area contributed by atoms with Crippen LogP contribution < -0.4 is 5.32 Å². The molecule has 0 bridgehead atoms. The maximum absolute atomic E-state index is 10.5. The van der Waals surface area contributed by atoms with Crippen molar-refractivity contribution in [2.75, 3.05) is 0 Å². The third-order valence-corrected chi connectivity index (χ3v) is 1.36. The fourth-order valence-electron chi connectivity index (χ4n) is 0.819. The molecule has 0 saturated heterocycles. The van der Waals surface area contributed by atoms with E-state index in [1.165, 1.54) is 6.92 Å². The monoisotopic (exact) mass is 161 g/mol. The molecule has 0 atom stereocenters. The zero-order chi connectivity index (χ0) is 8.81. The van der Waals surface area contributed by atoms with Crippen molar-refractivity contribution >= 4 is 12.0 Å². The van der Waals surface area contributed by atoms with Crippen LogP contribution in [-0.4, -0.2) is 5.91 Å². The van der Waals surface area contributed by atoms with Gasteiger partial charge in [-0.3, -0.25) is 4.79 Å². The Morgan fingerprint density at radius 1 is 1.33 bits per heavy atom. The number of rotatable bonds is 2. The van der Waals surface area contributed by atoms with Gasteiger partial charge in [-0.2, -0.15) is 0 Å². The Labute approximate surface area is 71.9 Å². The van der Waals surface area contributed by atoms with E-state index in [1.807, 2.05) is 36.4 Å². The van der Waals surface area contributed by atoms with Crippen molar-refractivity contribution in [3.63, 3.8) is 0 Å². The smallest absolute Gasteiger partial charge is 0.220 e. The Morgan fingerprint density at radius 3 is 2.58 bits per heavy atom. The summed E-state index contributed by atoms with van der Waals surface area (Å²) in [6, 6.07) is 9.80. The van der Waals surface area contributed by atoms with Gasteiger partial charge in [-0.25, -0.2) is 0 Å². The molecule has 0 spiro atoms. The van der Waals surface area contributed by atoms with Gasteiger partial charge < -0.3 is 5.32 Å². The third-order valence-electron chi connectivity index (χ3n) is 1.36. The van der Waals surface area contributed by atoms with Crippen LogP contribution in [0.5, 0.6) is 0 Å². The largest absolute Gasteiger partial charge is 0.333 e. The molecule has 1 rings (SSSR count). The molecular weight excluding hydrogens is 150 g/mol. The van der Waals surface area contributed by atoms with Gasteiger partial charge >= 0.3 is 0 Å². The van der Waals surface area contributed by atoms with E-state index in [0.717, 1.165) is 5.56 Å². The maximum atomic E-state index is 10.5. The normalized spacial score (nSPS) is 10.1. The molecule has 0 unspecified atom stereocenters. The summed E-state index contributed by atoms with van der Waals surface area (Å²) in [6.45, 7) is 1.48. The van der Waals surface area contributed by atoms with Crippen molar-refractivity contribution in [3.8, 4) is 0 Å². The van der Waals surface area contributed by atoms with E-state index in [2.05, 4.69) is 5.32 Å². The van der Waals surface area contributed by atoms with E-state index in [9.17, 15) is 4.79 Å². The summed E-state index contributed by atoms with van der Waals surface area (Å²) in [7, 11) is 0. The van der Waals surface area contributed by atoms with Crippen molar-refractivity contribution < 1.29 is 4.79 Å². The zero-order valence-electron chi connectivity index (χ0n) is 6.95. The van der Waals surface area contributed by atoms with Crippen molar-refractivity contribution in [3.05, 3.63) is 42.1 Å². The second-order valence-corrected chi connectivity index (χ2v) is 2.44. The van der Waals surface area contributed by atoms with Crippen LogP contribution in [0.4, 0.5) is 0 Å². The predicted molar refractivity (Wildman–Crippen MR) is 49.3 cm³/mol. The molecule has 62 valence electrons. The van der Waals surface area contributed by atoms with E-state index in [0.29, 0.717) is 0 Å². The fraction of sp³-hybridized carbons (Fsp3) is 0.100. The number of hydrogen-bond acceptors (Lipinski definition) is 1. The van der Waals surface area contributed by atoms with Crippen LogP contribution in [0.1, 0.15) is 12.5 Å². The minimum absolute atomic E-state index is 0.0535. The summed E-state index contributed by atoms with van der Waals surface area (Å²) >= 11 is 0. The van der Waals surface area contributed by atoms with Crippen molar-refractivity contribution in [2.45, 2.75) is 6.92 Å². The molecule has 1 aromatic rings. The molecule has 1 aromatic carbocycles. The SMILES string of the molecule is CC(=O)N/C=C\c1ccccc1. The maximum Gasteiger partial charge on any atom is 0.220 e. The molecule has 0 radical (unpaired) electrons. The number of hydrogen-bond donors (Lipinski definition) is 1. The standard InChI is InChI=1S/C10H11NO/c1-9(12)11-8-7-10-5-3-2-4-6-10/h2-8H,1H3,(H,11,12)/b8-7-. The van der Waals surface area contributed by atoms with Gasteiger partial charge in [0.05, 0.1) is 0 Å². The quantitative estimate of drug-likeness (QED) is 0.704. The highest BCUT2D eigenvalue weighted by Crippen LogP contribution is 1.99. The average Bonchev–Trinajstić information content (AvgIpc) is 2.05. The number of nitrogens with one attached hydrogen (secondary N) is 1. The molecule has 0 saturated carbocycles. The first kappa shape index (κ1) is 8.53. The van der Waals surface area contributed by atoms with E-state index in [-0.39, 0.29) is 5.91 Å². The highest BCUT2D eigenvalue weighted by molar-refractivity contribution is 5.74. The van der Waals surface area contributed by atoms with Gasteiger partial charge in [0.25, 0.3) is 0 Å². The average molecular weight is 161 g/mol. The summed E-state index contributed by atoms with van der Waals surface area (Å²) in [4.78, 5) is 10.5. The molecule has 0 heterocycles. The first-order valence-electron chi connectivity index (χ1n) is 3.78. The van der Waals surface area contributed by atoms with Crippen LogP contribution in [0, 0.1) is 0 Å². The van der Waals surface area contributed by atoms with E-state index >= 15 is 0 Å². The molecule has 0 aliphatic rings. The van der Waals surface area contributed by atoms with Gasteiger partial charge in [0.15, 0.2) is 0 Å². The summed E-state index contributed by atoms with van der Waals surface area (Å²) in [5.74, 6) is -0.0535. The molecule has 0 aliphatic heterocycles. The van der Waals surface area contributed by atoms with E-state index in [4.69, 9.17) is 0 Å². The molecule has 12 heavy (non-hydrogen) atoms. The van der Waals surface area contributed by atoms with Gasteiger partial charge in [0, 0.05) is 13.1 Å². The van der Waals surface area contributed by atoms with Gasteiger partial charge in [0.2, 0.25) is 5.91 Å². The van der Waals surface area contributed by atoms with Crippen LogP contribution >= 0.6 is 0 Å². The minimum atomic E-state index is -0.0535. The predicted octanol–water partition coefficient (Wildman–Crippen LogP) is 1.79. The lowest BCUT2D eigenvalue weighted by atomic mass is 10.2. The van der Waals surface area contributed by atoms with Crippen LogP contribution in [0.2, 0.25) is 0 Å². The Kier molecular flexibility index (Phi) is 3.08. The number of carbonyl (C=O) groups excluding carboxylic acids is 1. The highest BCUT2D eigenvalue weighted by Gasteiger charge is 1.83. The summed E-state index contributed by atoms with van der Waals surface area (Å²) in [5, 5.41) is 2.57. The molecular formula is C10H11NO. The number of carbonyl (C=O) groups is 1. The van der Waals surface area contributed by atoms with Gasteiger partial charge in [-0.15, -0.1) is 0 Å². The molecule has 2 nitrogen and oxygen atoms in total. The lowest BCUT2D eigenvalue weighted by molar-refractivity contribution is -0.118. The molecule has 1 amide bonds. The Morgan fingerprint density at radius 2 is 2.00 bits per heavy atom. The van der Waals surface area contributed by atoms with Crippen LogP contribution in [0.25, 0.3) is 6.08 Å². The third kappa shape index (κ3) is 3.01. The van der Waals surface area contributed by atoms with Crippen LogP contribution in [-0.2, 0) is 4.79 Å². The molecule has 0 aromatic heterocycles. The van der Waals surface area contributed by atoms with Crippen molar-refractivity contribution in [1.82, 2.24) is 5.32 Å². The number of benzene rings is 1. The van der Waals surface area contributed by atoms with Crippen molar-refractivity contribution in [2.24, 2.45) is 0 Å². The Balaban J connectivity index is 2.52. The second kappa shape index (κ2) is 4.34. The van der Waals surface area contributed by atoms with E-state index in [1.54, 1.807) is 6.20 Å². The zero-order valence-corrected chi connectivity index (χ0v) is 6.95. The second-order valence-electron chi connectivity index (χ2n) is 2.44. The van der Waals surface area contributed by atoms with Gasteiger partial charge in [0.1, 0.15) is 0 Å². The summed E-state index contributed by atoms with van der Waals surface area (Å²) in [5.41, 5.74) is 1.08. The van der Waals surface area contributed by atoms with E-state index < -0.39 is 0 Å². The summed E-state index contributed by atoms with van der Waals surface area (Å²) < 4.78 is 0. The molecule has 2 heteroatoms. The molecule has 0 aliphatic carbocycles. The van der Waals surface area contributed by atoms with Crippen molar-refractivity contribution in [1.29, 1.82) is 0 Å². The highest BCUT2D eigenvalue weighted by atomic mass is 16.1. The first-order valence-corrected chi connectivity index (χ1v) is 3.78. The van der Waals surface area contributed by atoms with Gasteiger partial charge in [-0.1, -0.05) is 30.3 Å². The van der Waals surface area contributed by atoms with Crippen LogP contribution in [0.15, 0.2) is 36.5 Å². The summed E-state index contributed by atoms with van der Waals surface area (Å²) in [6.07, 6.45) is 3.49. The Bertz CT molecular complexity index is 277.